The van der Waals surface area contributed by atoms with Crippen LogP contribution >= 0.6 is 0 Å². The van der Waals surface area contributed by atoms with E-state index in [1.165, 1.54) is 12.1 Å². The number of aromatic amines is 1. The van der Waals surface area contributed by atoms with Crippen LogP contribution in [0.3, 0.4) is 0 Å². The number of carboxylic acids is 2. The van der Waals surface area contributed by atoms with Crippen LogP contribution in [0.1, 0.15) is 37.5 Å². The Bertz CT molecular complexity index is 1490. The summed E-state index contributed by atoms with van der Waals surface area (Å²) in [5, 5.41) is 42.3. The number of aromatic hydroxyl groups is 1. The number of aromatic nitrogens is 2. The molecule has 1 aliphatic heterocycles. The van der Waals surface area contributed by atoms with Crippen molar-refractivity contribution in [2.75, 3.05) is 18.5 Å². The zero-order chi connectivity index (χ0) is 29.6. The standard InChI is InChI=1S/C23H28N4O5.C4H4O4/c1-13-4-5-16-18(8-13)27(22(31)26-16)7-6-23(2,3)24-11-19(29)15-9-14(28)10-17-21(15)32-12-20(30)25-17;5-3(6)1-2-4(7)8/h4-5,8-10,19,24,28-29H,6-7,11-12H2,1-3H3,(H,25,30)(H,26,31);1-2H,(H,5,6)(H,7,8)/b;2-1-/t19-;/m0./s1. The van der Waals surface area contributed by atoms with Crippen molar-refractivity contribution in [1.29, 1.82) is 0 Å². The second kappa shape index (κ2) is 12.5. The van der Waals surface area contributed by atoms with E-state index in [-0.39, 0.29) is 36.0 Å². The van der Waals surface area contributed by atoms with E-state index in [0.29, 0.717) is 42.1 Å². The highest BCUT2D eigenvalue weighted by Gasteiger charge is 2.26. The number of hydrogen-bond acceptors (Lipinski definition) is 8. The molecule has 1 atom stereocenters. The maximum absolute atomic E-state index is 12.4. The SMILES string of the molecule is Cc1ccc2[nH]c(=O)n(CCC(C)(C)NC[C@H](O)c3cc(O)cc4c3OCC(=O)N4)c2c1.O=C(O)/C=C\C(=O)O. The fourth-order valence-electron chi connectivity index (χ4n) is 4.05. The highest BCUT2D eigenvalue weighted by atomic mass is 16.5. The van der Waals surface area contributed by atoms with Gasteiger partial charge in [-0.3, -0.25) is 9.36 Å². The first-order chi connectivity index (χ1) is 18.8. The van der Waals surface area contributed by atoms with Crippen LogP contribution in [0, 0.1) is 6.92 Å². The third-order valence-electron chi connectivity index (χ3n) is 6.12. The number of fused-ring (bicyclic) bond motifs is 2. The van der Waals surface area contributed by atoms with Crippen molar-refractivity contribution in [2.45, 2.75) is 45.4 Å². The Morgan fingerprint density at radius 1 is 1.15 bits per heavy atom. The predicted octanol–water partition coefficient (Wildman–Crippen LogP) is 1.88. The largest absolute Gasteiger partial charge is 0.508 e. The number of imidazole rings is 1. The number of nitrogens with one attached hydrogen (secondary N) is 3. The van der Waals surface area contributed by atoms with Crippen LogP contribution in [0.25, 0.3) is 11.0 Å². The van der Waals surface area contributed by atoms with Crippen LogP contribution in [0.4, 0.5) is 5.69 Å². The molecule has 0 spiro atoms. The molecule has 214 valence electrons. The van der Waals surface area contributed by atoms with E-state index < -0.39 is 18.0 Å². The number of amides is 1. The fraction of sp³-hybridized carbons (Fsp3) is 0.333. The molecule has 2 aromatic carbocycles. The summed E-state index contributed by atoms with van der Waals surface area (Å²) in [5.74, 6) is -2.54. The first kappa shape index (κ1) is 29.9. The van der Waals surface area contributed by atoms with Gasteiger partial charge in [0.1, 0.15) is 11.5 Å². The van der Waals surface area contributed by atoms with Gasteiger partial charge in [-0.05, 0) is 51.0 Å². The highest BCUT2D eigenvalue weighted by Crippen LogP contribution is 2.38. The van der Waals surface area contributed by atoms with E-state index in [0.717, 1.165) is 16.6 Å². The number of H-pyrrole nitrogens is 1. The molecule has 0 unspecified atom stereocenters. The second-order valence-corrected chi connectivity index (χ2v) is 9.89. The molecule has 0 saturated carbocycles. The number of phenolic OH excluding ortho intramolecular Hbond substituents is 1. The Hall–Kier alpha value is -4.62. The number of rotatable bonds is 9. The minimum atomic E-state index is -1.26. The molecule has 0 aliphatic carbocycles. The number of aliphatic hydroxyl groups is 1. The van der Waals surface area contributed by atoms with Crippen LogP contribution in [0.15, 0.2) is 47.3 Å². The molecule has 0 bridgehead atoms. The summed E-state index contributed by atoms with van der Waals surface area (Å²) < 4.78 is 7.21. The smallest absolute Gasteiger partial charge is 0.328 e. The second-order valence-electron chi connectivity index (χ2n) is 9.89. The number of ether oxygens (including phenoxy) is 1. The summed E-state index contributed by atoms with van der Waals surface area (Å²) in [6.07, 6.45) is 0.791. The number of anilines is 1. The van der Waals surface area contributed by atoms with Crippen molar-refractivity contribution < 1.29 is 39.5 Å². The van der Waals surface area contributed by atoms with E-state index in [9.17, 15) is 29.4 Å². The lowest BCUT2D eigenvalue weighted by Gasteiger charge is -2.29. The Labute approximate surface area is 228 Å². The fourth-order valence-corrected chi connectivity index (χ4v) is 4.05. The molecule has 0 fully saturated rings. The average Bonchev–Trinajstić information content (AvgIpc) is 3.18. The van der Waals surface area contributed by atoms with Crippen LogP contribution in [0.5, 0.6) is 11.5 Å². The van der Waals surface area contributed by atoms with Gasteiger partial charge in [0, 0.05) is 42.4 Å². The molecule has 1 aromatic heterocycles. The number of aliphatic hydroxyl groups excluding tert-OH is 1. The summed E-state index contributed by atoms with van der Waals surface area (Å²) in [7, 11) is 0. The lowest BCUT2D eigenvalue weighted by atomic mass is 9.99. The van der Waals surface area contributed by atoms with Gasteiger partial charge in [0.25, 0.3) is 5.91 Å². The van der Waals surface area contributed by atoms with Gasteiger partial charge in [-0.2, -0.15) is 0 Å². The molecule has 13 nitrogen and oxygen atoms in total. The van der Waals surface area contributed by atoms with Crippen molar-refractivity contribution in [3.8, 4) is 11.5 Å². The van der Waals surface area contributed by atoms with Crippen molar-refractivity contribution in [1.82, 2.24) is 14.9 Å². The van der Waals surface area contributed by atoms with Crippen molar-refractivity contribution in [3.63, 3.8) is 0 Å². The Morgan fingerprint density at radius 3 is 2.48 bits per heavy atom. The number of carbonyl (C=O) groups excluding carboxylic acids is 1. The summed E-state index contributed by atoms with van der Waals surface area (Å²) in [5.41, 5.74) is 2.96. The molecule has 40 heavy (non-hydrogen) atoms. The topological polar surface area (TPSA) is 203 Å². The van der Waals surface area contributed by atoms with Crippen LogP contribution in [0.2, 0.25) is 0 Å². The number of carboxylic acid groups (broad SMARTS) is 2. The number of benzene rings is 2. The number of nitrogens with zero attached hydrogens (tertiary/aromatic N) is 1. The van der Waals surface area contributed by atoms with Crippen molar-refractivity contribution in [3.05, 3.63) is 64.1 Å². The summed E-state index contributed by atoms with van der Waals surface area (Å²) in [6.45, 7) is 6.55. The average molecular weight is 557 g/mol. The van der Waals surface area contributed by atoms with Gasteiger partial charge in [0.15, 0.2) is 6.61 Å². The number of phenols is 1. The molecule has 4 rings (SSSR count). The zero-order valence-corrected chi connectivity index (χ0v) is 22.2. The number of β-amino-alcohol motifs (C(OH)–C–C–N with tert-alkyl or cyclic N) is 1. The normalized spacial score (nSPS) is 13.7. The van der Waals surface area contributed by atoms with E-state index >= 15 is 0 Å². The van der Waals surface area contributed by atoms with Gasteiger partial charge in [-0.15, -0.1) is 0 Å². The third-order valence-corrected chi connectivity index (χ3v) is 6.12. The van der Waals surface area contributed by atoms with E-state index in [1.807, 2.05) is 39.0 Å². The zero-order valence-electron chi connectivity index (χ0n) is 22.2. The maximum Gasteiger partial charge on any atom is 0.328 e. The predicted molar refractivity (Wildman–Crippen MR) is 146 cm³/mol. The molecule has 0 saturated heterocycles. The first-order valence-electron chi connectivity index (χ1n) is 12.3. The van der Waals surface area contributed by atoms with Gasteiger partial charge in [-0.1, -0.05) is 6.07 Å². The monoisotopic (exact) mass is 556 g/mol. The van der Waals surface area contributed by atoms with E-state index in [2.05, 4.69) is 15.6 Å². The van der Waals surface area contributed by atoms with Crippen LogP contribution in [-0.2, 0) is 20.9 Å². The molecule has 7 N–H and O–H groups in total. The number of aryl methyl sites for hydroxylation is 2. The van der Waals surface area contributed by atoms with E-state index in [1.54, 1.807) is 4.57 Å². The third kappa shape index (κ3) is 7.94. The lowest BCUT2D eigenvalue weighted by Crippen LogP contribution is -2.43. The minimum Gasteiger partial charge on any atom is -0.508 e. The van der Waals surface area contributed by atoms with Crippen LogP contribution in [-0.4, -0.2) is 66.5 Å². The molecule has 0 radical (unpaired) electrons. The molecular formula is C27H32N4O9. The Morgan fingerprint density at radius 2 is 1.82 bits per heavy atom. The summed E-state index contributed by atoms with van der Waals surface area (Å²) in [6, 6.07) is 8.68. The molecular weight excluding hydrogens is 524 g/mol. The van der Waals surface area contributed by atoms with Gasteiger partial charge in [0.05, 0.1) is 22.8 Å². The minimum absolute atomic E-state index is 0.0723. The van der Waals surface area contributed by atoms with E-state index in [4.69, 9.17) is 14.9 Å². The summed E-state index contributed by atoms with van der Waals surface area (Å²) >= 11 is 0. The van der Waals surface area contributed by atoms with Gasteiger partial charge in [0.2, 0.25) is 0 Å². The maximum atomic E-state index is 12.4. The molecule has 13 heteroatoms. The van der Waals surface area contributed by atoms with Crippen molar-refractivity contribution >= 4 is 34.6 Å². The molecule has 1 amide bonds. The number of aliphatic carboxylic acids is 2. The highest BCUT2D eigenvalue weighted by molar-refractivity contribution is 5.96. The first-order valence-corrected chi connectivity index (χ1v) is 12.3. The van der Waals surface area contributed by atoms with Crippen molar-refractivity contribution in [2.24, 2.45) is 0 Å². The summed E-state index contributed by atoms with van der Waals surface area (Å²) in [4.78, 5) is 45.9. The Balaban J connectivity index is 0.000000482. The number of carbonyl (C=O) groups is 3. The molecule has 2 heterocycles. The quantitative estimate of drug-likeness (QED) is 0.191. The van der Waals surface area contributed by atoms with Gasteiger partial charge >= 0.3 is 17.6 Å². The Kier molecular flexibility index (Phi) is 9.35. The van der Waals surface area contributed by atoms with Crippen LogP contribution < -0.4 is 21.1 Å². The molecule has 1 aliphatic rings. The van der Waals surface area contributed by atoms with Gasteiger partial charge in [-0.25, -0.2) is 14.4 Å². The molecule has 3 aromatic rings. The lowest BCUT2D eigenvalue weighted by molar-refractivity contribution is -0.134. The number of hydrogen-bond donors (Lipinski definition) is 7. The van der Waals surface area contributed by atoms with Gasteiger partial charge < -0.3 is 40.8 Å².